The largest absolute Gasteiger partial charge is 0.356 e. The van der Waals surface area contributed by atoms with E-state index in [1.807, 2.05) is 42.6 Å². The van der Waals surface area contributed by atoms with E-state index >= 15 is 0 Å². The van der Waals surface area contributed by atoms with E-state index in [4.69, 9.17) is 5.21 Å². The van der Waals surface area contributed by atoms with Crippen LogP contribution in [-0.4, -0.2) is 42.1 Å². The molecule has 0 aliphatic heterocycles. The first-order chi connectivity index (χ1) is 14.7. The summed E-state index contributed by atoms with van der Waals surface area (Å²) in [5.41, 5.74) is 3.64. The van der Waals surface area contributed by atoms with Crippen LogP contribution in [0.1, 0.15) is 29.8 Å². The number of nitrogens with one attached hydrogen (secondary N) is 3. The number of amides is 2. The van der Waals surface area contributed by atoms with Crippen molar-refractivity contribution >= 4 is 38.4 Å². The summed E-state index contributed by atoms with van der Waals surface area (Å²) < 4.78 is 14.2. The Kier molecular flexibility index (Phi) is 8.90. The molecule has 0 bridgehead atoms. The van der Waals surface area contributed by atoms with Gasteiger partial charge < -0.3 is 15.5 Å². The quantitative estimate of drug-likeness (QED) is 0.252. The van der Waals surface area contributed by atoms with Crippen LogP contribution in [0.5, 0.6) is 0 Å². The highest BCUT2D eigenvalue weighted by Gasteiger charge is 2.17. The first-order valence-corrected chi connectivity index (χ1v) is 10.2. The van der Waals surface area contributed by atoms with E-state index in [9.17, 15) is 14.0 Å². The van der Waals surface area contributed by atoms with Gasteiger partial charge in [0.25, 0.3) is 5.91 Å². The maximum Gasteiger partial charge on any atom is 0.254 e. The van der Waals surface area contributed by atoms with E-state index in [0.29, 0.717) is 24.7 Å². The molecule has 2 unspecified atom stereocenters. The van der Waals surface area contributed by atoms with Gasteiger partial charge in [-0.3, -0.25) is 20.3 Å². The second kappa shape index (κ2) is 11.4. The second-order valence-corrected chi connectivity index (χ2v) is 7.79. The lowest BCUT2D eigenvalue weighted by Crippen LogP contribution is -2.35. The van der Waals surface area contributed by atoms with Crippen molar-refractivity contribution in [2.45, 2.75) is 26.3 Å². The van der Waals surface area contributed by atoms with Gasteiger partial charge in [0, 0.05) is 37.6 Å². The number of carbonyl (C=O) groups excluding carboxylic acids is 2. The van der Waals surface area contributed by atoms with Crippen LogP contribution in [0.3, 0.4) is 0 Å². The van der Waals surface area contributed by atoms with E-state index in [-0.39, 0.29) is 17.3 Å². The van der Waals surface area contributed by atoms with E-state index in [1.54, 1.807) is 13.1 Å². The highest BCUT2D eigenvalue weighted by atomic mass is 31.0. The molecule has 2 rings (SSSR count). The van der Waals surface area contributed by atoms with Crippen molar-refractivity contribution in [1.82, 2.24) is 15.6 Å². The number of carbonyl (C=O) groups is 2. The number of halogens is 1. The molecule has 0 aliphatic rings. The number of hydrogen-bond donors (Lipinski definition) is 4. The number of nitrogens with zero attached hydrogens (tertiary/aromatic N) is 2. The Bertz CT molecular complexity index is 953. The summed E-state index contributed by atoms with van der Waals surface area (Å²) in [5, 5.41) is 14.8. The van der Waals surface area contributed by atoms with E-state index in [1.165, 1.54) is 6.07 Å². The van der Waals surface area contributed by atoms with Gasteiger partial charge >= 0.3 is 0 Å². The molecule has 4 N–H and O–H groups in total. The van der Waals surface area contributed by atoms with Crippen LogP contribution >= 0.6 is 9.24 Å². The Balaban J connectivity index is 1.96. The second-order valence-electron chi connectivity index (χ2n) is 7.16. The maximum absolute atomic E-state index is 14.2. The molecule has 0 saturated carbocycles. The first kappa shape index (κ1) is 24.2. The molecule has 0 saturated heterocycles. The summed E-state index contributed by atoms with van der Waals surface area (Å²) in [5.74, 6) is -0.494. The van der Waals surface area contributed by atoms with Crippen LogP contribution in [-0.2, 0) is 11.2 Å². The van der Waals surface area contributed by atoms with Gasteiger partial charge in [0.05, 0.1) is 11.3 Å². The van der Waals surface area contributed by atoms with Crippen molar-refractivity contribution in [1.29, 1.82) is 0 Å². The number of anilines is 2. The summed E-state index contributed by atoms with van der Waals surface area (Å²) in [4.78, 5) is 29.2. The lowest BCUT2D eigenvalue weighted by Gasteiger charge is -2.18. The van der Waals surface area contributed by atoms with Crippen molar-refractivity contribution in [2.24, 2.45) is 0 Å². The molecule has 1 heterocycles. The summed E-state index contributed by atoms with van der Waals surface area (Å²) in [7, 11) is 4.23. The number of likely N-dealkylation sites (N-methyl/N-ethyl adjacent to an activating group) is 1. The van der Waals surface area contributed by atoms with Crippen molar-refractivity contribution < 1.29 is 19.2 Å². The SMILES string of the molecule is C/C(=C/CN(C)c1ccc(CC(C)NC(=O)c2cc(P)c(NO)cc2F)cn1)NC=O. The minimum atomic E-state index is -0.728. The Morgan fingerprint density at radius 2 is 2.13 bits per heavy atom. The molecule has 0 spiro atoms. The number of rotatable bonds is 10. The standard InChI is InChI=1S/C21H27FN5O3P/c1-13(24-12-28)6-7-27(3)20-5-4-15(11-23-20)8-14(2)25-21(29)16-9-19(31)18(26-30)10-17(16)22/h4-6,9-12,14,26,30H,7-8,31H2,1-3H3,(H,24,28)(H,25,29)/b13-6-. The van der Waals surface area contributed by atoms with Gasteiger partial charge in [-0.05, 0) is 49.3 Å². The molecule has 0 radical (unpaired) electrons. The third-order valence-corrected chi connectivity index (χ3v) is 5.06. The van der Waals surface area contributed by atoms with Crippen molar-refractivity contribution in [2.75, 3.05) is 24.0 Å². The van der Waals surface area contributed by atoms with Gasteiger partial charge in [0.2, 0.25) is 6.41 Å². The molecular weight excluding hydrogens is 420 g/mol. The van der Waals surface area contributed by atoms with Crippen molar-refractivity contribution in [3.05, 3.63) is 59.2 Å². The average Bonchev–Trinajstić information content (AvgIpc) is 2.73. The molecule has 8 nitrogen and oxygen atoms in total. The molecule has 0 fully saturated rings. The highest BCUT2D eigenvalue weighted by molar-refractivity contribution is 7.28. The third kappa shape index (κ3) is 7.01. The summed E-state index contributed by atoms with van der Waals surface area (Å²) in [6.45, 7) is 4.21. The average molecular weight is 447 g/mol. The molecule has 2 aromatic rings. The Morgan fingerprint density at radius 1 is 1.39 bits per heavy atom. The van der Waals surface area contributed by atoms with Crippen molar-refractivity contribution in [3.8, 4) is 0 Å². The minimum Gasteiger partial charge on any atom is -0.356 e. The van der Waals surface area contributed by atoms with Gasteiger partial charge in [0.1, 0.15) is 11.6 Å². The summed E-state index contributed by atoms with van der Waals surface area (Å²) in [6, 6.07) is 5.97. The molecule has 166 valence electrons. The fourth-order valence-electron chi connectivity index (χ4n) is 2.85. The van der Waals surface area contributed by atoms with E-state index < -0.39 is 11.7 Å². The Labute approximate surface area is 183 Å². The van der Waals surface area contributed by atoms with Crippen LogP contribution < -0.4 is 26.3 Å². The number of hydrogen-bond acceptors (Lipinski definition) is 6. The number of allylic oxidation sites excluding steroid dienone is 1. The van der Waals surface area contributed by atoms with Crippen LogP contribution in [0.25, 0.3) is 0 Å². The molecule has 2 atom stereocenters. The maximum atomic E-state index is 14.2. The minimum absolute atomic E-state index is 0.0987. The zero-order valence-electron chi connectivity index (χ0n) is 17.6. The monoisotopic (exact) mass is 447 g/mol. The Hall–Kier alpha value is -3.03. The van der Waals surface area contributed by atoms with Crippen LogP contribution in [0.15, 0.2) is 42.2 Å². The van der Waals surface area contributed by atoms with Gasteiger partial charge in [-0.25, -0.2) is 9.37 Å². The predicted molar refractivity (Wildman–Crippen MR) is 122 cm³/mol. The van der Waals surface area contributed by atoms with Gasteiger partial charge in [-0.2, -0.15) is 0 Å². The number of benzene rings is 1. The van der Waals surface area contributed by atoms with Crippen LogP contribution in [0.2, 0.25) is 0 Å². The van der Waals surface area contributed by atoms with Crippen LogP contribution in [0, 0.1) is 5.82 Å². The third-order valence-electron chi connectivity index (χ3n) is 4.58. The molecule has 1 aromatic carbocycles. The molecule has 0 aliphatic carbocycles. The Morgan fingerprint density at radius 3 is 2.74 bits per heavy atom. The molecular formula is C21H27FN5O3P. The highest BCUT2D eigenvalue weighted by Crippen LogP contribution is 2.16. The lowest BCUT2D eigenvalue weighted by atomic mass is 10.1. The van der Waals surface area contributed by atoms with Gasteiger partial charge in [-0.15, -0.1) is 9.24 Å². The molecule has 2 amide bonds. The smallest absolute Gasteiger partial charge is 0.254 e. The molecule has 31 heavy (non-hydrogen) atoms. The number of pyridine rings is 1. The van der Waals surface area contributed by atoms with Gasteiger partial charge in [0.15, 0.2) is 0 Å². The van der Waals surface area contributed by atoms with Crippen LogP contribution in [0.4, 0.5) is 15.9 Å². The summed E-state index contributed by atoms with van der Waals surface area (Å²) in [6.07, 6.45) is 4.77. The lowest BCUT2D eigenvalue weighted by molar-refractivity contribution is -0.108. The zero-order chi connectivity index (χ0) is 23.0. The fourth-order valence-corrected chi connectivity index (χ4v) is 3.16. The fraction of sp³-hybridized carbons (Fsp3) is 0.286. The zero-order valence-corrected chi connectivity index (χ0v) is 18.8. The van der Waals surface area contributed by atoms with Crippen molar-refractivity contribution in [3.63, 3.8) is 0 Å². The number of aromatic nitrogens is 1. The van der Waals surface area contributed by atoms with Gasteiger partial charge in [-0.1, -0.05) is 6.07 Å². The normalized spacial score (nSPS) is 12.1. The topological polar surface area (TPSA) is 107 Å². The first-order valence-electron chi connectivity index (χ1n) is 9.58. The predicted octanol–water partition coefficient (Wildman–Crippen LogP) is 1.97. The molecule has 10 heteroatoms. The molecule has 1 aromatic heterocycles. The summed E-state index contributed by atoms with van der Waals surface area (Å²) >= 11 is 0. The van der Waals surface area contributed by atoms with E-state index in [0.717, 1.165) is 23.1 Å². The van der Waals surface area contributed by atoms with E-state index in [2.05, 4.69) is 24.9 Å².